The van der Waals surface area contributed by atoms with E-state index in [0.717, 1.165) is 0 Å². The van der Waals surface area contributed by atoms with Gasteiger partial charge in [0.05, 0.1) is 6.54 Å². The Bertz CT molecular complexity index is 817. The quantitative estimate of drug-likeness (QED) is 0.165. The molecule has 3 amide bonds. The predicted octanol–water partition coefficient (Wildman–Crippen LogP) is -0.392. The fraction of sp³-hybridized carbons (Fsp3) is 0.565. The van der Waals surface area contributed by atoms with Crippen LogP contribution in [0, 0.1) is 5.92 Å². The number of hydrogen-bond donors (Lipinski definition) is 7. The van der Waals surface area contributed by atoms with Crippen LogP contribution in [-0.2, 0) is 25.6 Å². The van der Waals surface area contributed by atoms with Crippen molar-refractivity contribution in [1.82, 2.24) is 16.0 Å². The molecular formula is C23H37N5O6. The zero-order valence-corrected chi connectivity index (χ0v) is 19.8. The number of nitrogens with one attached hydrogen (secondary N) is 3. The van der Waals surface area contributed by atoms with E-state index in [1.54, 1.807) is 19.1 Å². The van der Waals surface area contributed by atoms with Gasteiger partial charge in [0.1, 0.15) is 23.9 Å². The maximum atomic E-state index is 13.1. The molecule has 0 fully saturated rings. The van der Waals surface area contributed by atoms with Gasteiger partial charge in [0.2, 0.25) is 17.7 Å². The summed E-state index contributed by atoms with van der Waals surface area (Å²) >= 11 is 0. The highest BCUT2D eigenvalue weighted by Crippen LogP contribution is 2.13. The third kappa shape index (κ3) is 9.75. The van der Waals surface area contributed by atoms with Crippen molar-refractivity contribution in [3.8, 4) is 5.75 Å². The average molecular weight is 480 g/mol. The van der Waals surface area contributed by atoms with E-state index in [1.165, 1.54) is 12.1 Å². The minimum Gasteiger partial charge on any atom is -0.508 e. The summed E-state index contributed by atoms with van der Waals surface area (Å²) in [6.07, 6.45) is 2.03. The van der Waals surface area contributed by atoms with E-state index >= 15 is 0 Å². The second-order valence-corrected chi connectivity index (χ2v) is 8.25. The molecule has 0 radical (unpaired) electrons. The Morgan fingerprint density at radius 3 is 2.12 bits per heavy atom. The fourth-order valence-electron chi connectivity index (χ4n) is 3.30. The molecule has 0 heterocycles. The number of phenolic OH excluding ortho intramolecular Hbond substituents is 1. The zero-order chi connectivity index (χ0) is 25.7. The Labute approximate surface area is 199 Å². The van der Waals surface area contributed by atoms with Crippen molar-refractivity contribution in [2.24, 2.45) is 17.4 Å². The topological polar surface area (TPSA) is 197 Å². The number of hydrogen-bond acceptors (Lipinski definition) is 7. The number of carbonyl (C=O) groups is 4. The summed E-state index contributed by atoms with van der Waals surface area (Å²) in [6.45, 7) is 3.71. The van der Waals surface area contributed by atoms with Crippen molar-refractivity contribution < 1.29 is 29.4 Å². The van der Waals surface area contributed by atoms with E-state index < -0.39 is 41.8 Å². The molecule has 9 N–H and O–H groups in total. The largest absolute Gasteiger partial charge is 0.508 e. The van der Waals surface area contributed by atoms with Gasteiger partial charge in [-0.1, -0.05) is 32.4 Å². The number of aliphatic carboxylic acids is 1. The number of carbonyl (C=O) groups excluding carboxylic acids is 3. The molecule has 1 rings (SSSR count). The lowest BCUT2D eigenvalue weighted by Gasteiger charge is -2.28. The Morgan fingerprint density at radius 2 is 1.59 bits per heavy atom. The number of phenols is 1. The first-order valence-corrected chi connectivity index (χ1v) is 11.4. The molecule has 4 atom stereocenters. The van der Waals surface area contributed by atoms with Gasteiger partial charge in [-0.15, -0.1) is 0 Å². The van der Waals surface area contributed by atoms with Gasteiger partial charge in [-0.3, -0.25) is 14.4 Å². The van der Waals surface area contributed by atoms with Gasteiger partial charge in [-0.25, -0.2) is 4.79 Å². The van der Waals surface area contributed by atoms with Crippen LogP contribution in [0.5, 0.6) is 5.75 Å². The molecule has 1 aromatic carbocycles. The van der Waals surface area contributed by atoms with Crippen molar-refractivity contribution in [3.05, 3.63) is 29.8 Å². The molecule has 0 aliphatic carbocycles. The van der Waals surface area contributed by atoms with Crippen LogP contribution < -0.4 is 27.4 Å². The van der Waals surface area contributed by atoms with Crippen LogP contribution in [0.15, 0.2) is 24.3 Å². The number of carboxylic acids is 1. The van der Waals surface area contributed by atoms with E-state index in [-0.39, 0.29) is 31.1 Å². The second-order valence-electron chi connectivity index (χ2n) is 8.25. The molecule has 0 aliphatic rings. The highest BCUT2D eigenvalue weighted by Gasteiger charge is 2.32. The van der Waals surface area contributed by atoms with Crippen LogP contribution in [0.2, 0.25) is 0 Å². The first-order chi connectivity index (χ1) is 16.1. The van der Waals surface area contributed by atoms with Gasteiger partial charge in [0.25, 0.3) is 0 Å². The maximum Gasteiger partial charge on any atom is 0.326 e. The number of aromatic hydroxyl groups is 1. The number of unbranched alkanes of at least 4 members (excludes halogenated alkanes) is 1. The summed E-state index contributed by atoms with van der Waals surface area (Å²) in [4.78, 5) is 49.6. The Balaban J connectivity index is 3.02. The molecule has 1 aromatic rings. The SMILES string of the molecule is CCC(C)C(NC(=O)C(Cc1ccc(O)cc1)NC(=O)CN)C(=O)NC(CCCCN)C(=O)O. The molecule has 11 nitrogen and oxygen atoms in total. The summed E-state index contributed by atoms with van der Waals surface area (Å²) in [5, 5.41) is 26.7. The number of benzene rings is 1. The molecule has 11 heteroatoms. The zero-order valence-electron chi connectivity index (χ0n) is 19.8. The number of rotatable bonds is 15. The van der Waals surface area contributed by atoms with E-state index in [2.05, 4.69) is 16.0 Å². The van der Waals surface area contributed by atoms with Gasteiger partial charge in [0.15, 0.2) is 0 Å². The van der Waals surface area contributed by atoms with Crippen LogP contribution in [0.1, 0.15) is 45.1 Å². The predicted molar refractivity (Wildman–Crippen MR) is 127 cm³/mol. The molecule has 34 heavy (non-hydrogen) atoms. The number of carboxylic acid groups (broad SMARTS) is 1. The van der Waals surface area contributed by atoms with Crippen molar-refractivity contribution >= 4 is 23.7 Å². The first kappa shape index (κ1) is 28.9. The van der Waals surface area contributed by atoms with E-state index in [9.17, 15) is 29.4 Å². The fourth-order valence-corrected chi connectivity index (χ4v) is 3.30. The van der Waals surface area contributed by atoms with E-state index in [0.29, 0.717) is 31.4 Å². The Morgan fingerprint density at radius 1 is 0.941 bits per heavy atom. The Hall–Kier alpha value is -3.18. The molecule has 0 spiro atoms. The van der Waals surface area contributed by atoms with Crippen LogP contribution in [0.25, 0.3) is 0 Å². The molecule has 0 bridgehead atoms. The van der Waals surface area contributed by atoms with E-state index in [4.69, 9.17) is 11.5 Å². The number of nitrogens with two attached hydrogens (primary N) is 2. The molecule has 190 valence electrons. The average Bonchev–Trinajstić information content (AvgIpc) is 2.81. The second kappa shape index (κ2) is 14.9. The first-order valence-electron chi connectivity index (χ1n) is 11.4. The lowest BCUT2D eigenvalue weighted by Crippen LogP contribution is -2.58. The molecule has 0 aromatic heterocycles. The highest BCUT2D eigenvalue weighted by atomic mass is 16.4. The third-order valence-corrected chi connectivity index (χ3v) is 5.57. The van der Waals surface area contributed by atoms with E-state index in [1.807, 2.05) is 6.92 Å². The van der Waals surface area contributed by atoms with Crippen molar-refractivity contribution in [2.75, 3.05) is 13.1 Å². The minimum absolute atomic E-state index is 0.0590. The standard InChI is InChI=1S/C23H37N5O6/c1-3-14(2)20(22(32)27-17(23(33)34)6-4-5-11-24)28-21(31)18(26-19(30)13-25)12-15-7-9-16(29)10-8-15/h7-10,14,17-18,20,29H,3-6,11-13,24-25H2,1-2H3,(H,26,30)(H,27,32)(H,28,31)(H,33,34). The molecule has 0 aliphatic heterocycles. The molecule has 4 unspecified atom stereocenters. The van der Waals surface area contributed by atoms with Gasteiger partial charge < -0.3 is 37.6 Å². The lowest BCUT2D eigenvalue weighted by atomic mass is 9.96. The van der Waals surface area contributed by atoms with Crippen molar-refractivity contribution in [3.63, 3.8) is 0 Å². The molecule has 0 saturated carbocycles. The molecule has 0 saturated heterocycles. The van der Waals surface area contributed by atoms with Crippen LogP contribution in [0.4, 0.5) is 0 Å². The smallest absolute Gasteiger partial charge is 0.326 e. The maximum absolute atomic E-state index is 13.1. The van der Waals surface area contributed by atoms with Gasteiger partial charge >= 0.3 is 5.97 Å². The van der Waals surface area contributed by atoms with Crippen molar-refractivity contribution in [1.29, 1.82) is 0 Å². The summed E-state index contributed by atoms with van der Waals surface area (Å²) in [5.74, 6) is -3.18. The lowest BCUT2D eigenvalue weighted by molar-refractivity contribution is -0.143. The summed E-state index contributed by atoms with van der Waals surface area (Å²) in [6, 6.07) is 3.00. The van der Waals surface area contributed by atoms with Crippen LogP contribution in [-0.4, -0.2) is 65.1 Å². The van der Waals surface area contributed by atoms with Crippen LogP contribution in [0.3, 0.4) is 0 Å². The minimum atomic E-state index is -1.17. The normalized spacial score (nSPS) is 14.4. The summed E-state index contributed by atoms with van der Waals surface area (Å²) in [7, 11) is 0. The number of amides is 3. The molecular weight excluding hydrogens is 442 g/mol. The summed E-state index contributed by atoms with van der Waals surface area (Å²) in [5.41, 5.74) is 11.5. The Kier molecular flexibility index (Phi) is 12.6. The van der Waals surface area contributed by atoms with Crippen LogP contribution >= 0.6 is 0 Å². The summed E-state index contributed by atoms with van der Waals surface area (Å²) < 4.78 is 0. The monoisotopic (exact) mass is 479 g/mol. The van der Waals surface area contributed by atoms with Gasteiger partial charge in [0, 0.05) is 6.42 Å². The highest BCUT2D eigenvalue weighted by molar-refractivity contribution is 5.93. The van der Waals surface area contributed by atoms with Gasteiger partial charge in [-0.2, -0.15) is 0 Å². The van der Waals surface area contributed by atoms with Gasteiger partial charge in [-0.05, 0) is 49.4 Å². The third-order valence-electron chi connectivity index (χ3n) is 5.57. The van der Waals surface area contributed by atoms with Crippen molar-refractivity contribution in [2.45, 2.75) is 64.1 Å².